The number of nitrogens with zero attached hydrogens (tertiary/aromatic N) is 7. The van der Waals surface area contributed by atoms with Crippen LogP contribution in [0.3, 0.4) is 0 Å². The van der Waals surface area contributed by atoms with Crippen molar-refractivity contribution >= 4 is 33.6 Å². The second kappa shape index (κ2) is 12.8. The Morgan fingerprint density at radius 1 is 0.771 bits per heavy atom. The number of oxazole rings is 1. The number of benzene rings is 3. The van der Waals surface area contributed by atoms with Crippen molar-refractivity contribution < 1.29 is 4.42 Å². The van der Waals surface area contributed by atoms with Gasteiger partial charge in [0.05, 0.1) is 11.1 Å². The van der Waals surface area contributed by atoms with E-state index in [-0.39, 0.29) is 0 Å². The van der Waals surface area contributed by atoms with E-state index in [1.807, 2.05) is 24.4 Å². The summed E-state index contributed by atoms with van der Waals surface area (Å²) in [4.78, 5) is 23.7. The van der Waals surface area contributed by atoms with Gasteiger partial charge in [-0.15, -0.1) is 0 Å². The van der Waals surface area contributed by atoms with E-state index in [4.69, 9.17) is 14.4 Å². The van der Waals surface area contributed by atoms with E-state index in [9.17, 15) is 5.26 Å². The summed E-state index contributed by atoms with van der Waals surface area (Å²) in [5, 5.41) is 13.5. The highest BCUT2D eigenvalue weighted by Gasteiger charge is 2.20. The molecule has 8 rings (SSSR count). The topological polar surface area (TPSA) is 107 Å². The maximum Gasteiger partial charge on any atom is 0.227 e. The molecule has 48 heavy (non-hydrogen) atoms. The molecule has 2 fully saturated rings. The first-order valence-corrected chi connectivity index (χ1v) is 16.9. The largest absolute Gasteiger partial charge is 0.435 e. The Labute approximate surface area is 280 Å². The Morgan fingerprint density at radius 3 is 2.19 bits per heavy atom. The highest BCUT2D eigenvalue weighted by molar-refractivity contribution is 5.89. The lowest BCUT2D eigenvalue weighted by Crippen LogP contribution is -2.18. The van der Waals surface area contributed by atoms with Crippen molar-refractivity contribution in [3.8, 4) is 28.7 Å². The minimum Gasteiger partial charge on any atom is -0.435 e. The highest BCUT2D eigenvalue weighted by Crippen LogP contribution is 2.37. The molecule has 0 unspecified atom stereocenters. The van der Waals surface area contributed by atoms with Crippen molar-refractivity contribution in [1.82, 2.24) is 29.7 Å². The first-order valence-electron chi connectivity index (χ1n) is 16.9. The van der Waals surface area contributed by atoms with Crippen LogP contribution >= 0.6 is 0 Å². The number of rotatable bonds is 8. The third kappa shape index (κ3) is 5.78. The van der Waals surface area contributed by atoms with Gasteiger partial charge in [-0.3, -0.25) is 14.8 Å². The zero-order valence-corrected chi connectivity index (χ0v) is 27.5. The van der Waals surface area contributed by atoms with Crippen LogP contribution in [0.25, 0.3) is 44.7 Å². The van der Waals surface area contributed by atoms with Crippen molar-refractivity contribution in [2.45, 2.75) is 52.6 Å². The van der Waals surface area contributed by atoms with Crippen LogP contribution in [0.1, 0.15) is 53.5 Å². The second-order valence-corrected chi connectivity index (χ2v) is 13.1. The van der Waals surface area contributed by atoms with Gasteiger partial charge < -0.3 is 9.73 Å². The molecule has 0 amide bonds. The third-order valence-corrected chi connectivity index (χ3v) is 9.85. The monoisotopic (exact) mass is 634 g/mol. The van der Waals surface area contributed by atoms with Crippen LogP contribution in [0.5, 0.6) is 0 Å². The van der Waals surface area contributed by atoms with E-state index >= 15 is 0 Å². The van der Waals surface area contributed by atoms with Gasteiger partial charge in [0.1, 0.15) is 23.4 Å². The predicted molar refractivity (Wildman–Crippen MR) is 189 cm³/mol. The van der Waals surface area contributed by atoms with Crippen LogP contribution in [0.2, 0.25) is 0 Å². The van der Waals surface area contributed by atoms with Crippen LogP contribution in [-0.4, -0.2) is 55.9 Å². The first kappa shape index (κ1) is 30.2. The molecule has 0 aliphatic carbocycles. The van der Waals surface area contributed by atoms with Gasteiger partial charge in [0, 0.05) is 30.5 Å². The standard InChI is InChI=1S/C39H38N8O/c1-25-30(9-7-11-32(25)39-45-35-18-27(22-46-13-3-4-14-46)17-29(20-40)37(35)48-39)31-10-8-12-33(26(31)2)44-38-36-34(42-24-43-38)19-28(21-41-36)23-47-15-5-6-16-47/h7-12,17-19,21,24H,3-6,13-16,22-23H2,1-2H3,(H,42,43,44). The Morgan fingerprint density at radius 2 is 1.44 bits per heavy atom. The van der Waals surface area contributed by atoms with E-state index < -0.39 is 0 Å². The van der Waals surface area contributed by atoms with Gasteiger partial charge in [-0.2, -0.15) is 5.26 Å². The van der Waals surface area contributed by atoms with E-state index in [0.29, 0.717) is 22.9 Å². The normalized spacial score (nSPS) is 15.4. The Kier molecular flexibility index (Phi) is 8.04. The molecule has 3 aromatic carbocycles. The fraction of sp³-hybridized carbons (Fsp3) is 0.308. The smallest absolute Gasteiger partial charge is 0.227 e. The molecular formula is C39H38N8O. The molecule has 2 saturated heterocycles. The van der Waals surface area contributed by atoms with Crippen LogP contribution < -0.4 is 5.32 Å². The predicted octanol–water partition coefficient (Wildman–Crippen LogP) is 7.92. The number of aromatic nitrogens is 4. The number of pyridine rings is 1. The van der Waals surface area contributed by atoms with E-state index in [2.05, 4.69) is 81.4 Å². The van der Waals surface area contributed by atoms with Crippen LogP contribution in [0, 0.1) is 25.2 Å². The molecule has 0 atom stereocenters. The van der Waals surface area contributed by atoms with Crippen molar-refractivity contribution in [3.63, 3.8) is 0 Å². The lowest BCUT2D eigenvalue weighted by molar-refractivity contribution is 0.331. The zero-order chi connectivity index (χ0) is 32.6. The molecule has 2 aliphatic heterocycles. The first-order chi connectivity index (χ1) is 23.5. The third-order valence-electron chi connectivity index (χ3n) is 9.85. The summed E-state index contributed by atoms with van der Waals surface area (Å²) in [6, 6.07) is 21.0. The second-order valence-electron chi connectivity index (χ2n) is 13.1. The van der Waals surface area contributed by atoms with Gasteiger partial charge in [-0.05, 0) is 129 Å². The lowest BCUT2D eigenvalue weighted by Gasteiger charge is -2.17. The molecule has 9 nitrogen and oxygen atoms in total. The molecule has 6 aromatic rings. The number of hydrogen-bond acceptors (Lipinski definition) is 9. The highest BCUT2D eigenvalue weighted by atomic mass is 16.3. The molecule has 5 heterocycles. The van der Waals surface area contributed by atoms with Crippen LogP contribution in [0.4, 0.5) is 11.5 Å². The number of anilines is 2. The van der Waals surface area contributed by atoms with Crippen molar-refractivity contribution in [1.29, 1.82) is 5.26 Å². The summed E-state index contributed by atoms with van der Waals surface area (Å²) in [5.41, 5.74) is 11.8. The molecule has 3 aromatic heterocycles. The molecule has 0 saturated carbocycles. The number of nitriles is 1. The lowest BCUT2D eigenvalue weighted by atomic mass is 9.93. The number of nitrogens with one attached hydrogen (secondary N) is 1. The fourth-order valence-corrected chi connectivity index (χ4v) is 7.29. The number of hydrogen-bond donors (Lipinski definition) is 1. The van der Waals surface area contributed by atoms with Gasteiger partial charge in [-0.1, -0.05) is 24.3 Å². The van der Waals surface area contributed by atoms with Crippen molar-refractivity contribution in [2.75, 3.05) is 31.5 Å². The van der Waals surface area contributed by atoms with Gasteiger partial charge in [0.2, 0.25) is 5.89 Å². The average Bonchev–Trinajstić information content (AvgIpc) is 3.89. The molecular weight excluding hydrogens is 596 g/mol. The Bertz CT molecular complexity index is 2190. The summed E-state index contributed by atoms with van der Waals surface area (Å²) in [7, 11) is 0. The van der Waals surface area contributed by atoms with E-state index in [1.54, 1.807) is 6.33 Å². The van der Waals surface area contributed by atoms with Gasteiger partial charge in [0.15, 0.2) is 11.4 Å². The maximum atomic E-state index is 9.96. The molecule has 0 bridgehead atoms. The van der Waals surface area contributed by atoms with Gasteiger partial charge in [0.25, 0.3) is 0 Å². The van der Waals surface area contributed by atoms with Gasteiger partial charge >= 0.3 is 0 Å². The van der Waals surface area contributed by atoms with Crippen LogP contribution in [0.15, 0.2) is 71.5 Å². The summed E-state index contributed by atoms with van der Waals surface area (Å²) in [6.07, 6.45) is 8.53. The molecule has 2 aliphatic rings. The average molecular weight is 635 g/mol. The SMILES string of the molecule is Cc1c(Nc2ncnc3cc(CN4CCCC4)cnc23)cccc1-c1cccc(-c2nc3cc(CN4CCCC4)cc(C#N)c3o2)c1C. The fourth-order valence-electron chi connectivity index (χ4n) is 7.29. The number of fused-ring (bicyclic) bond motifs is 2. The molecule has 240 valence electrons. The number of likely N-dealkylation sites (tertiary alicyclic amines) is 2. The van der Waals surface area contributed by atoms with Crippen molar-refractivity contribution in [3.05, 3.63) is 94.9 Å². The quantitative estimate of drug-likeness (QED) is 0.179. The van der Waals surface area contributed by atoms with Crippen molar-refractivity contribution in [2.24, 2.45) is 0 Å². The minimum atomic E-state index is 0.522. The van der Waals surface area contributed by atoms with Gasteiger partial charge in [-0.25, -0.2) is 15.0 Å². The summed E-state index contributed by atoms with van der Waals surface area (Å²) in [6.45, 7) is 10.4. The summed E-state index contributed by atoms with van der Waals surface area (Å²) < 4.78 is 6.31. The Balaban J connectivity index is 1.10. The molecule has 1 N–H and O–H groups in total. The van der Waals surface area contributed by atoms with E-state index in [0.717, 1.165) is 94.9 Å². The zero-order valence-electron chi connectivity index (χ0n) is 27.5. The summed E-state index contributed by atoms with van der Waals surface area (Å²) >= 11 is 0. The van der Waals surface area contributed by atoms with Crippen LogP contribution in [-0.2, 0) is 13.1 Å². The maximum absolute atomic E-state index is 9.96. The molecule has 0 radical (unpaired) electrons. The minimum absolute atomic E-state index is 0.522. The van der Waals surface area contributed by atoms with E-state index in [1.165, 1.54) is 31.2 Å². The Hall–Kier alpha value is -5.17. The molecule has 9 heteroatoms. The summed E-state index contributed by atoms with van der Waals surface area (Å²) in [5.74, 6) is 1.20. The molecule has 0 spiro atoms.